The van der Waals surface area contributed by atoms with Gasteiger partial charge in [0.2, 0.25) is 0 Å². The number of hydrogen-bond acceptors (Lipinski definition) is 0. The Kier molecular flexibility index (Phi) is 5.43. The molecule has 0 bridgehead atoms. The molecule has 41 heavy (non-hydrogen) atoms. The van der Waals surface area contributed by atoms with E-state index in [1.807, 2.05) is 0 Å². The predicted octanol–water partition coefficient (Wildman–Crippen LogP) is 9.81. The normalized spacial score (nSPS) is 26.6. The second kappa shape index (κ2) is 9.35. The van der Waals surface area contributed by atoms with Gasteiger partial charge in [0, 0.05) is 0 Å². The van der Waals surface area contributed by atoms with E-state index in [1.165, 1.54) is 47.9 Å². The first-order valence-corrected chi connectivity index (χ1v) is 15.8. The average molecular weight is 527 g/mol. The molecule has 0 saturated heterocycles. The molecule has 2 fully saturated rings. The van der Waals surface area contributed by atoms with Gasteiger partial charge in [0.25, 0.3) is 0 Å². The molecule has 6 atom stereocenters. The summed E-state index contributed by atoms with van der Waals surface area (Å²) in [7, 11) is 0. The molecule has 1 heteroatoms. The number of benzene rings is 5. The second-order valence-corrected chi connectivity index (χ2v) is 13.0. The fourth-order valence-electron chi connectivity index (χ4n) is 10.1. The third-order valence-electron chi connectivity index (χ3n) is 11.5. The van der Waals surface area contributed by atoms with Crippen molar-refractivity contribution in [2.45, 2.75) is 61.0 Å². The van der Waals surface area contributed by atoms with Gasteiger partial charge in [-0.3, -0.25) is 0 Å². The van der Waals surface area contributed by atoms with Crippen LogP contribution >= 0.6 is 0 Å². The number of rotatable bonds is 3. The van der Waals surface area contributed by atoms with Crippen LogP contribution < -0.4 is 5.46 Å². The Bertz CT molecular complexity index is 1640. The van der Waals surface area contributed by atoms with E-state index in [1.54, 1.807) is 27.7 Å². The highest BCUT2D eigenvalue weighted by Gasteiger charge is 2.54. The Hall–Kier alpha value is -3.84. The smallest absolute Gasteiger partial charge is 0.0794 e. The lowest BCUT2D eigenvalue weighted by Crippen LogP contribution is -2.42. The van der Waals surface area contributed by atoms with Crippen molar-refractivity contribution in [1.82, 2.24) is 0 Å². The fourth-order valence-corrected chi connectivity index (χ4v) is 10.1. The molecule has 0 amide bonds. The average Bonchev–Trinajstić information content (AvgIpc) is 3.69. The lowest BCUT2D eigenvalue weighted by atomic mass is 9.26. The summed E-state index contributed by atoms with van der Waals surface area (Å²) in [6.07, 6.45) is 5.21. The minimum absolute atomic E-state index is 0.554. The van der Waals surface area contributed by atoms with Crippen LogP contribution in [0.2, 0.25) is 11.6 Å². The van der Waals surface area contributed by atoms with Crippen molar-refractivity contribution in [3.05, 3.63) is 150 Å². The van der Waals surface area contributed by atoms with Crippen LogP contribution in [0.5, 0.6) is 0 Å². The first-order chi connectivity index (χ1) is 20.4. The zero-order chi connectivity index (χ0) is 26.9. The zero-order valence-electron chi connectivity index (χ0n) is 23.5. The van der Waals surface area contributed by atoms with Gasteiger partial charge in [-0.15, -0.1) is 0 Å². The van der Waals surface area contributed by atoms with E-state index in [0.717, 1.165) is 0 Å². The Morgan fingerprint density at radius 2 is 0.732 bits per heavy atom. The molecule has 4 aliphatic rings. The van der Waals surface area contributed by atoms with Crippen molar-refractivity contribution in [3.63, 3.8) is 0 Å². The maximum atomic E-state index is 2.47. The monoisotopic (exact) mass is 526 g/mol. The van der Waals surface area contributed by atoms with Gasteiger partial charge in [-0.05, 0) is 92.7 Å². The van der Waals surface area contributed by atoms with Crippen LogP contribution in [-0.4, -0.2) is 6.71 Å². The van der Waals surface area contributed by atoms with Gasteiger partial charge in [0.05, 0.1) is 0 Å². The summed E-state index contributed by atoms with van der Waals surface area (Å²) in [6, 6.07) is 49.0. The summed E-state index contributed by atoms with van der Waals surface area (Å²) in [5, 5.41) is 0. The lowest BCUT2D eigenvalue weighted by Gasteiger charge is -2.41. The maximum Gasteiger partial charge on any atom is 0.183 e. The van der Waals surface area contributed by atoms with Crippen LogP contribution in [0.25, 0.3) is 22.3 Å². The summed E-state index contributed by atoms with van der Waals surface area (Å²) in [4.78, 5) is 0. The number of fused-ring (bicyclic) bond motifs is 12. The molecule has 198 valence electrons. The molecule has 6 unspecified atom stereocenters. The molecule has 4 aliphatic carbocycles. The molecule has 0 aliphatic heterocycles. The van der Waals surface area contributed by atoms with E-state index < -0.39 is 0 Å². The van der Waals surface area contributed by atoms with Crippen molar-refractivity contribution in [2.75, 3.05) is 0 Å². The van der Waals surface area contributed by atoms with Gasteiger partial charge in [-0.1, -0.05) is 146 Å². The molecule has 0 nitrogen and oxygen atoms in total. The highest BCUT2D eigenvalue weighted by atomic mass is 14.5. The molecular formula is C40H35B. The molecule has 0 N–H and O–H groups in total. The predicted molar refractivity (Wildman–Crippen MR) is 173 cm³/mol. The van der Waals surface area contributed by atoms with Gasteiger partial charge in [0.15, 0.2) is 6.71 Å². The van der Waals surface area contributed by atoms with Crippen LogP contribution in [0.4, 0.5) is 0 Å². The van der Waals surface area contributed by atoms with Gasteiger partial charge >= 0.3 is 0 Å². The highest BCUT2D eigenvalue weighted by molar-refractivity contribution is 6.76. The summed E-state index contributed by atoms with van der Waals surface area (Å²) < 4.78 is 0. The Labute approximate surface area is 244 Å². The Morgan fingerprint density at radius 1 is 0.366 bits per heavy atom. The third kappa shape index (κ3) is 3.48. The number of hydrogen-bond donors (Lipinski definition) is 0. The molecule has 0 heterocycles. The van der Waals surface area contributed by atoms with E-state index >= 15 is 0 Å². The Balaban J connectivity index is 1.21. The summed E-state index contributed by atoms with van der Waals surface area (Å²) in [5.41, 5.74) is 13.8. The topological polar surface area (TPSA) is 0 Å². The zero-order valence-corrected chi connectivity index (χ0v) is 23.5. The minimum Gasteiger partial charge on any atom is -0.0794 e. The molecular weight excluding hydrogens is 491 g/mol. The van der Waals surface area contributed by atoms with Crippen molar-refractivity contribution in [1.29, 1.82) is 0 Å². The summed E-state index contributed by atoms with van der Waals surface area (Å²) >= 11 is 0. The molecule has 0 radical (unpaired) electrons. The first-order valence-electron chi connectivity index (χ1n) is 15.8. The van der Waals surface area contributed by atoms with Crippen molar-refractivity contribution >= 4 is 12.2 Å². The molecule has 9 rings (SSSR count). The highest BCUT2D eigenvalue weighted by Crippen LogP contribution is 2.65. The SMILES string of the molecule is c1ccc(B(C2CCC3c4ccccc4-c4ccccc4C23)C2CCC3c4ccccc4-c4ccccc4C23)cc1. The molecule has 0 spiro atoms. The van der Waals surface area contributed by atoms with E-state index in [4.69, 9.17) is 0 Å². The van der Waals surface area contributed by atoms with Gasteiger partial charge in [-0.2, -0.15) is 0 Å². The second-order valence-electron chi connectivity index (χ2n) is 13.0. The molecule has 5 aromatic carbocycles. The van der Waals surface area contributed by atoms with Crippen molar-refractivity contribution in [2.24, 2.45) is 0 Å². The maximum absolute atomic E-state index is 2.47. The van der Waals surface area contributed by atoms with Crippen LogP contribution in [0.15, 0.2) is 127 Å². The van der Waals surface area contributed by atoms with Crippen LogP contribution in [0.3, 0.4) is 0 Å². The molecule has 2 saturated carbocycles. The van der Waals surface area contributed by atoms with Crippen LogP contribution in [-0.2, 0) is 0 Å². The van der Waals surface area contributed by atoms with Crippen molar-refractivity contribution in [3.8, 4) is 22.3 Å². The quantitative estimate of drug-likeness (QED) is 0.205. The molecule has 0 aromatic heterocycles. The molecule has 5 aromatic rings. The largest absolute Gasteiger partial charge is 0.183 e. The van der Waals surface area contributed by atoms with Crippen LogP contribution in [0.1, 0.15) is 71.6 Å². The minimum atomic E-state index is 0.554. The van der Waals surface area contributed by atoms with E-state index in [9.17, 15) is 0 Å². The Morgan fingerprint density at radius 3 is 1.20 bits per heavy atom. The van der Waals surface area contributed by atoms with Gasteiger partial charge in [0.1, 0.15) is 0 Å². The van der Waals surface area contributed by atoms with E-state index in [2.05, 4.69) is 127 Å². The van der Waals surface area contributed by atoms with Crippen molar-refractivity contribution < 1.29 is 0 Å². The summed E-state index contributed by atoms with van der Waals surface area (Å²) in [5.74, 6) is 3.69. The van der Waals surface area contributed by atoms with E-state index in [-0.39, 0.29) is 0 Å². The fraction of sp³-hybridized carbons (Fsp3) is 0.250. The van der Waals surface area contributed by atoms with Gasteiger partial charge in [-0.25, -0.2) is 0 Å². The third-order valence-corrected chi connectivity index (χ3v) is 11.5. The standard InChI is InChI=1S/C40H35B/c1-2-12-26(13-3-1)41(37-24-22-35-31-18-6-4-14-27(31)29-16-8-10-20-33(29)39(35)37)38-25-23-36-32-19-7-5-15-28(32)30-17-9-11-21-34(30)40(36)38/h1-21,35-40H,22-25H2. The van der Waals surface area contributed by atoms with E-state index in [0.29, 0.717) is 42.0 Å². The lowest BCUT2D eigenvalue weighted by molar-refractivity contribution is 0.588. The first kappa shape index (κ1) is 23.8. The van der Waals surface area contributed by atoms with Gasteiger partial charge < -0.3 is 0 Å². The van der Waals surface area contributed by atoms with Crippen LogP contribution in [0, 0.1) is 0 Å². The summed E-state index contributed by atoms with van der Waals surface area (Å²) in [6.45, 7) is 0.554.